The van der Waals surface area contributed by atoms with Crippen LogP contribution in [0.3, 0.4) is 0 Å². The third kappa shape index (κ3) is 6.87. The van der Waals surface area contributed by atoms with Gasteiger partial charge in [0.2, 0.25) is 0 Å². The molecule has 8 heteroatoms. The molecule has 0 atom stereocenters. The van der Waals surface area contributed by atoms with Gasteiger partial charge in [0.25, 0.3) is 20.2 Å². The molecule has 0 spiro atoms. The van der Waals surface area contributed by atoms with Crippen LogP contribution < -0.4 is 0 Å². The van der Waals surface area contributed by atoms with E-state index < -0.39 is 27.0 Å². The molecule has 0 heterocycles. The van der Waals surface area contributed by atoms with Crippen LogP contribution in [-0.4, -0.2) is 23.6 Å². The molecule has 0 amide bonds. The van der Waals surface area contributed by atoms with Crippen LogP contribution in [0.2, 0.25) is 0 Å². The van der Waals surface area contributed by atoms with Crippen molar-refractivity contribution in [3.05, 3.63) is 59.7 Å². The molecule has 0 aliphatic heterocycles. The third-order valence-electron chi connectivity index (χ3n) is 3.03. The van der Waals surface area contributed by atoms with E-state index in [1.54, 1.807) is 24.3 Å². The topological polar surface area (TPSA) is 86.7 Å². The summed E-state index contributed by atoms with van der Waals surface area (Å²) < 4.78 is 56.9. The summed E-state index contributed by atoms with van der Waals surface area (Å²) in [5.41, 5.74) is 1.78. The Hall–Kier alpha value is -1.74. The molecule has 0 aliphatic carbocycles. The zero-order chi connectivity index (χ0) is 19.8. The minimum absolute atomic E-state index is 0.0700. The predicted molar refractivity (Wildman–Crippen MR) is 99.7 cm³/mol. The number of hydrogen-bond acceptors (Lipinski definition) is 6. The van der Waals surface area contributed by atoms with Gasteiger partial charge >= 0.3 is 0 Å². The lowest BCUT2D eigenvalue weighted by Gasteiger charge is -2.07. The molecule has 6 nitrogen and oxygen atoms in total. The van der Waals surface area contributed by atoms with Gasteiger partial charge in [0.05, 0.1) is 9.79 Å². The largest absolute Gasteiger partial charge is 0.299 e. The number of hydrogen-bond donors (Lipinski definition) is 0. The Balaban J connectivity index is 0.00000105. The summed E-state index contributed by atoms with van der Waals surface area (Å²) in [6.07, 6.45) is 1.25. The molecular formula is C18H24O6S2. The molecule has 0 unspecified atom stereocenters. The quantitative estimate of drug-likeness (QED) is 0.542. The minimum Gasteiger partial charge on any atom is -0.236 e. The highest BCUT2D eigenvalue weighted by molar-refractivity contribution is 7.87. The first-order valence-electron chi connectivity index (χ1n) is 8.04. The van der Waals surface area contributed by atoms with Crippen LogP contribution in [0.1, 0.15) is 31.4 Å². The molecule has 2 rings (SSSR count). The van der Waals surface area contributed by atoms with Crippen LogP contribution in [0.25, 0.3) is 0 Å². The highest BCUT2D eigenvalue weighted by Crippen LogP contribution is 2.16. The second-order valence-corrected chi connectivity index (χ2v) is 8.83. The van der Waals surface area contributed by atoms with Crippen molar-refractivity contribution in [3.63, 3.8) is 0 Å². The Labute approximate surface area is 156 Å². The Morgan fingerprint density at radius 3 is 1.19 bits per heavy atom. The summed E-state index contributed by atoms with van der Waals surface area (Å²) in [7, 11) is -8.16. The van der Waals surface area contributed by atoms with Gasteiger partial charge in [0, 0.05) is 0 Å². The van der Waals surface area contributed by atoms with E-state index in [9.17, 15) is 16.8 Å². The zero-order valence-corrected chi connectivity index (χ0v) is 16.9. The molecule has 0 fully saturated rings. The van der Waals surface area contributed by atoms with Gasteiger partial charge in [0.1, 0.15) is 0 Å². The molecule has 2 aromatic rings. The fourth-order valence-electron chi connectivity index (χ4n) is 1.69. The fourth-order valence-corrected chi connectivity index (χ4v) is 3.31. The summed E-state index contributed by atoms with van der Waals surface area (Å²) in [6, 6.07) is 11.9. The van der Waals surface area contributed by atoms with Gasteiger partial charge in [-0.3, -0.25) is 0 Å². The van der Waals surface area contributed by atoms with Crippen LogP contribution in [0.5, 0.6) is 0 Å². The first-order chi connectivity index (χ1) is 12.1. The summed E-state index contributed by atoms with van der Waals surface area (Å²) in [4.78, 5) is -0.140. The molecule has 0 bridgehead atoms. The van der Waals surface area contributed by atoms with Crippen LogP contribution in [0.15, 0.2) is 58.3 Å². The lowest BCUT2D eigenvalue weighted by molar-refractivity contribution is 0.132. The first-order valence-corrected chi connectivity index (χ1v) is 10.9. The molecule has 0 saturated carbocycles. The molecule has 144 valence electrons. The second-order valence-electron chi connectivity index (χ2n) is 5.60. The van der Waals surface area contributed by atoms with Gasteiger partial charge in [0.15, 0.2) is 6.79 Å². The smallest absolute Gasteiger partial charge is 0.236 e. The van der Waals surface area contributed by atoms with Gasteiger partial charge in [-0.05, 0) is 38.1 Å². The van der Waals surface area contributed by atoms with E-state index in [2.05, 4.69) is 22.2 Å². The van der Waals surface area contributed by atoms with Crippen molar-refractivity contribution < 1.29 is 25.2 Å². The fraction of sp³-hybridized carbons (Fsp3) is 0.333. The number of rotatable bonds is 6. The minimum atomic E-state index is -4.08. The summed E-state index contributed by atoms with van der Waals surface area (Å²) >= 11 is 0. The molecule has 0 saturated heterocycles. The summed E-state index contributed by atoms with van der Waals surface area (Å²) in [5, 5.41) is 0. The lowest BCUT2D eigenvalue weighted by atomic mass is 10.2. The standard InChI is InChI=1S/C15H16O6S2.C3H8/c1-12-3-7-14(8-4-12)22(16,17)20-11-21-23(18,19)15-9-5-13(2)6-10-15;1-3-2/h3-10H,11H2,1-2H3;3H2,1-2H3. The van der Waals surface area contributed by atoms with E-state index in [1.807, 2.05) is 13.8 Å². The Morgan fingerprint density at radius 1 is 0.654 bits per heavy atom. The molecular weight excluding hydrogens is 376 g/mol. The van der Waals surface area contributed by atoms with Crippen molar-refractivity contribution in [2.24, 2.45) is 0 Å². The maximum atomic E-state index is 11.9. The highest BCUT2D eigenvalue weighted by Gasteiger charge is 2.19. The van der Waals surface area contributed by atoms with Crippen molar-refractivity contribution in [1.82, 2.24) is 0 Å². The van der Waals surface area contributed by atoms with Gasteiger partial charge in [-0.15, -0.1) is 0 Å². The van der Waals surface area contributed by atoms with Gasteiger partial charge < -0.3 is 0 Å². The van der Waals surface area contributed by atoms with Crippen molar-refractivity contribution in [1.29, 1.82) is 0 Å². The maximum Gasteiger partial charge on any atom is 0.299 e. The van der Waals surface area contributed by atoms with E-state index >= 15 is 0 Å². The first kappa shape index (κ1) is 22.3. The van der Waals surface area contributed by atoms with Gasteiger partial charge in [-0.1, -0.05) is 55.7 Å². The summed E-state index contributed by atoms with van der Waals surface area (Å²) in [6.45, 7) is 6.95. The van der Waals surface area contributed by atoms with Crippen molar-refractivity contribution >= 4 is 20.2 Å². The Bertz CT molecular complexity index is 808. The van der Waals surface area contributed by atoms with Crippen molar-refractivity contribution in [3.8, 4) is 0 Å². The second kappa shape index (κ2) is 9.82. The highest BCUT2D eigenvalue weighted by atomic mass is 32.2. The average molecular weight is 401 g/mol. The van der Waals surface area contributed by atoms with Crippen LogP contribution in [0.4, 0.5) is 0 Å². The molecule has 0 radical (unpaired) electrons. The molecule has 0 aliphatic rings. The SMILES string of the molecule is CCC.Cc1ccc(S(=O)(=O)OCOS(=O)(=O)c2ccc(C)cc2)cc1. The van der Waals surface area contributed by atoms with E-state index in [-0.39, 0.29) is 9.79 Å². The molecule has 0 aromatic heterocycles. The number of aryl methyl sites for hydroxylation is 2. The normalized spacial score (nSPS) is 11.5. The predicted octanol–water partition coefficient (Wildman–Crippen LogP) is 3.79. The van der Waals surface area contributed by atoms with Gasteiger partial charge in [-0.25, -0.2) is 8.37 Å². The Morgan fingerprint density at radius 2 is 0.923 bits per heavy atom. The van der Waals surface area contributed by atoms with E-state index in [1.165, 1.54) is 30.7 Å². The van der Waals surface area contributed by atoms with Crippen molar-refractivity contribution in [2.45, 2.75) is 43.9 Å². The molecule has 0 N–H and O–H groups in total. The van der Waals surface area contributed by atoms with E-state index in [4.69, 9.17) is 0 Å². The maximum absolute atomic E-state index is 11.9. The van der Waals surface area contributed by atoms with Crippen molar-refractivity contribution in [2.75, 3.05) is 6.79 Å². The lowest BCUT2D eigenvalue weighted by Crippen LogP contribution is -2.14. The van der Waals surface area contributed by atoms with Crippen LogP contribution in [0, 0.1) is 13.8 Å². The zero-order valence-electron chi connectivity index (χ0n) is 15.3. The monoisotopic (exact) mass is 400 g/mol. The van der Waals surface area contributed by atoms with Crippen LogP contribution >= 0.6 is 0 Å². The van der Waals surface area contributed by atoms with Gasteiger partial charge in [-0.2, -0.15) is 16.8 Å². The number of benzene rings is 2. The Kier molecular flexibility index (Phi) is 8.42. The molecule has 2 aromatic carbocycles. The average Bonchev–Trinajstić information content (AvgIpc) is 2.56. The summed E-state index contributed by atoms with van der Waals surface area (Å²) in [5.74, 6) is 0. The van der Waals surface area contributed by atoms with E-state index in [0.717, 1.165) is 11.1 Å². The third-order valence-corrected chi connectivity index (χ3v) is 5.54. The van der Waals surface area contributed by atoms with Crippen LogP contribution in [-0.2, 0) is 28.6 Å². The molecule has 26 heavy (non-hydrogen) atoms. The van der Waals surface area contributed by atoms with E-state index in [0.29, 0.717) is 0 Å².